The van der Waals surface area contributed by atoms with Crippen molar-refractivity contribution in [2.75, 3.05) is 26.8 Å². The Bertz CT molecular complexity index is 1130. The molecule has 1 heterocycles. The Balaban J connectivity index is 1.77. The van der Waals surface area contributed by atoms with Gasteiger partial charge in [-0.15, -0.1) is 0 Å². The van der Waals surface area contributed by atoms with Gasteiger partial charge in [0, 0.05) is 13.1 Å². The fourth-order valence-corrected chi connectivity index (χ4v) is 4.91. The van der Waals surface area contributed by atoms with E-state index in [1.165, 1.54) is 37.4 Å². The summed E-state index contributed by atoms with van der Waals surface area (Å²) in [5.74, 6) is -0.862. The second kappa shape index (κ2) is 11.0. The monoisotopic (exact) mass is 492 g/mol. The van der Waals surface area contributed by atoms with Crippen LogP contribution in [0.3, 0.4) is 0 Å². The molecule has 0 radical (unpaired) electrons. The van der Waals surface area contributed by atoms with Gasteiger partial charge < -0.3 is 14.4 Å². The lowest BCUT2D eigenvalue weighted by Gasteiger charge is -2.36. The molecule has 8 nitrogen and oxygen atoms in total. The number of hydrogen-bond acceptors (Lipinski definition) is 6. The number of hydrogen-bond donors (Lipinski definition) is 1. The summed E-state index contributed by atoms with van der Waals surface area (Å²) in [5, 5.41) is 5.22. The Kier molecular flexibility index (Phi) is 8.27. The minimum atomic E-state index is -3.98. The van der Waals surface area contributed by atoms with Crippen LogP contribution in [-0.4, -0.2) is 52.0 Å². The first kappa shape index (κ1) is 25.6. The third-order valence-corrected chi connectivity index (χ3v) is 7.03. The molecule has 0 aromatic heterocycles. The highest BCUT2D eigenvalue weighted by molar-refractivity contribution is 7.89. The molecule has 1 saturated heterocycles. The van der Waals surface area contributed by atoms with Gasteiger partial charge in [-0.1, -0.05) is 12.1 Å². The molecule has 34 heavy (non-hydrogen) atoms. The summed E-state index contributed by atoms with van der Waals surface area (Å²) in [6.45, 7) is 2.84. The van der Waals surface area contributed by atoms with E-state index in [0.717, 1.165) is 5.56 Å². The lowest BCUT2D eigenvalue weighted by Crippen LogP contribution is -2.40. The van der Waals surface area contributed by atoms with E-state index in [1.54, 1.807) is 24.0 Å². The van der Waals surface area contributed by atoms with E-state index in [0.29, 0.717) is 25.9 Å². The van der Waals surface area contributed by atoms with Gasteiger partial charge in [-0.05, 0) is 67.5 Å². The van der Waals surface area contributed by atoms with Crippen LogP contribution < -0.4 is 9.88 Å². The fourth-order valence-electron chi connectivity index (χ4n) is 4.37. The van der Waals surface area contributed by atoms with Crippen LogP contribution in [0.2, 0.25) is 0 Å². The molecule has 1 unspecified atom stereocenters. The van der Waals surface area contributed by atoms with Crippen molar-refractivity contribution in [2.24, 2.45) is 11.1 Å². The Morgan fingerprint density at radius 1 is 1.15 bits per heavy atom. The van der Waals surface area contributed by atoms with E-state index in [-0.39, 0.29) is 58.8 Å². The number of sulfonamides is 1. The average molecular weight is 493 g/mol. The summed E-state index contributed by atoms with van der Waals surface area (Å²) < 4.78 is 47.3. The number of primary sulfonamides is 1. The number of ether oxygens (including phenoxy) is 2. The smallest absolute Gasteiger partial charge is 0.306 e. The number of carbonyl (C=O) groups is 2. The summed E-state index contributed by atoms with van der Waals surface area (Å²) in [7, 11) is -2.58. The Hall–Kier alpha value is -2.98. The van der Waals surface area contributed by atoms with Gasteiger partial charge in [-0.2, -0.15) is 0 Å². The molecule has 0 saturated carbocycles. The molecular formula is C24H29FN2O6S. The summed E-state index contributed by atoms with van der Waals surface area (Å²) in [4.78, 5) is 26.9. The van der Waals surface area contributed by atoms with E-state index in [1.807, 2.05) is 0 Å². The molecule has 1 amide bonds. The lowest BCUT2D eigenvalue weighted by molar-refractivity contribution is -0.144. The number of halogens is 1. The summed E-state index contributed by atoms with van der Waals surface area (Å²) in [5.41, 5.74) is 0.968. The molecule has 0 spiro atoms. The first-order valence-electron chi connectivity index (χ1n) is 11.0. The first-order valence-corrected chi connectivity index (χ1v) is 12.6. The second-order valence-corrected chi connectivity index (χ2v) is 9.77. The van der Waals surface area contributed by atoms with Gasteiger partial charge in [0.25, 0.3) is 5.91 Å². The number of nitrogens with zero attached hydrogens (tertiary/aromatic N) is 1. The van der Waals surface area contributed by atoms with Crippen molar-refractivity contribution in [1.29, 1.82) is 0 Å². The Morgan fingerprint density at radius 3 is 2.35 bits per heavy atom. The number of esters is 1. The molecule has 2 aromatic rings. The van der Waals surface area contributed by atoms with Crippen molar-refractivity contribution in [3.05, 3.63) is 59.4 Å². The Morgan fingerprint density at radius 2 is 1.79 bits per heavy atom. The number of rotatable bonds is 8. The van der Waals surface area contributed by atoms with E-state index in [9.17, 15) is 22.4 Å². The number of nitrogens with two attached hydrogens (primary N) is 1. The van der Waals surface area contributed by atoms with Crippen LogP contribution in [0.4, 0.5) is 4.39 Å². The molecule has 10 heteroatoms. The number of methoxy groups -OCH3 is 1. The second-order valence-electron chi connectivity index (χ2n) is 8.20. The highest BCUT2D eigenvalue weighted by Gasteiger charge is 2.32. The molecule has 1 aliphatic heterocycles. The van der Waals surface area contributed by atoms with Gasteiger partial charge in [-0.3, -0.25) is 9.59 Å². The SMILES string of the molecule is CCOC(=O)CC(c1ccc(F)cc1)C1CCN(C(=O)c2cc(S(N)(=O)=O)ccc2OC)CC1. The van der Waals surface area contributed by atoms with Crippen LogP contribution >= 0.6 is 0 Å². The standard InChI is InChI=1S/C24H29FN2O6S/c1-3-33-23(28)15-20(16-4-6-18(25)7-5-16)17-10-12-27(13-11-17)24(29)21-14-19(34(26,30)31)8-9-22(21)32-2/h4-9,14,17,20H,3,10-13,15H2,1-2H3,(H2,26,30,31). The average Bonchev–Trinajstić information content (AvgIpc) is 2.82. The largest absolute Gasteiger partial charge is 0.496 e. The third-order valence-electron chi connectivity index (χ3n) is 6.12. The van der Waals surface area contributed by atoms with Crippen molar-refractivity contribution in [3.63, 3.8) is 0 Å². The van der Waals surface area contributed by atoms with Crippen molar-refractivity contribution >= 4 is 21.9 Å². The molecular weight excluding hydrogens is 463 g/mol. The topological polar surface area (TPSA) is 116 Å². The number of carbonyl (C=O) groups excluding carboxylic acids is 2. The fraction of sp³-hybridized carbons (Fsp3) is 0.417. The van der Waals surface area contributed by atoms with Crippen LogP contribution in [0.5, 0.6) is 5.75 Å². The van der Waals surface area contributed by atoms with Gasteiger partial charge in [0.2, 0.25) is 10.0 Å². The van der Waals surface area contributed by atoms with Crippen LogP contribution in [0.1, 0.15) is 48.0 Å². The highest BCUT2D eigenvalue weighted by Crippen LogP contribution is 2.36. The minimum Gasteiger partial charge on any atom is -0.496 e. The predicted octanol–water partition coefficient (Wildman–Crippen LogP) is 3.07. The Labute approximate surface area is 198 Å². The zero-order chi connectivity index (χ0) is 24.9. The normalized spacial score (nSPS) is 15.6. The van der Waals surface area contributed by atoms with Gasteiger partial charge in [0.05, 0.1) is 30.6 Å². The van der Waals surface area contributed by atoms with Crippen LogP contribution in [0.15, 0.2) is 47.4 Å². The molecule has 0 bridgehead atoms. The van der Waals surface area contributed by atoms with Crippen molar-refractivity contribution in [3.8, 4) is 5.75 Å². The molecule has 3 rings (SSSR count). The number of likely N-dealkylation sites (tertiary alicyclic amines) is 1. The summed E-state index contributed by atoms with van der Waals surface area (Å²) >= 11 is 0. The van der Waals surface area contributed by atoms with Crippen LogP contribution in [-0.2, 0) is 19.6 Å². The van der Waals surface area contributed by atoms with Crippen molar-refractivity contribution in [2.45, 2.75) is 37.0 Å². The molecule has 2 N–H and O–H groups in total. The van der Waals surface area contributed by atoms with E-state index in [2.05, 4.69) is 0 Å². The summed E-state index contributed by atoms with van der Waals surface area (Å²) in [6, 6.07) is 10.0. The summed E-state index contributed by atoms with van der Waals surface area (Å²) in [6.07, 6.45) is 1.40. The predicted molar refractivity (Wildman–Crippen MR) is 123 cm³/mol. The molecule has 1 aliphatic rings. The molecule has 1 atom stereocenters. The first-order chi connectivity index (χ1) is 16.1. The number of amides is 1. The van der Waals surface area contributed by atoms with Gasteiger partial charge in [0.1, 0.15) is 11.6 Å². The molecule has 0 aliphatic carbocycles. The third kappa shape index (κ3) is 6.12. The maximum atomic E-state index is 13.4. The van der Waals surface area contributed by atoms with E-state index >= 15 is 0 Å². The van der Waals surface area contributed by atoms with E-state index < -0.39 is 10.0 Å². The number of piperidine rings is 1. The molecule has 2 aromatic carbocycles. The van der Waals surface area contributed by atoms with Gasteiger partial charge in [-0.25, -0.2) is 17.9 Å². The quantitative estimate of drug-likeness (QED) is 0.566. The highest BCUT2D eigenvalue weighted by atomic mass is 32.2. The van der Waals surface area contributed by atoms with Gasteiger partial charge >= 0.3 is 5.97 Å². The number of benzene rings is 2. The lowest BCUT2D eigenvalue weighted by atomic mass is 9.78. The van der Waals surface area contributed by atoms with Crippen molar-refractivity contribution < 1.29 is 31.9 Å². The van der Waals surface area contributed by atoms with Crippen molar-refractivity contribution in [1.82, 2.24) is 4.90 Å². The maximum Gasteiger partial charge on any atom is 0.306 e. The van der Waals surface area contributed by atoms with Crippen LogP contribution in [0.25, 0.3) is 0 Å². The zero-order valence-corrected chi connectivity index (χ0v) is 20.0. The molecule has 184 valence electrons. The minimum absolute atomic E-state index is 0.0802. The van der Waals surface area contributed by atoms with E-state index in [4.69, 9.17) is 14.6 Å². The molecule has 1 fully saturated rings. The maximum absolute atomic E-state index is 13.4. The zero-order valence-electron chi connectivity index (χ0n) is 19.2. The van der Waals surface area contributed by atoms with Crippen LogP contribution in [0, 0.1) is 11.7 Å². The van der Waals surface area contributed by atoms with Gasteiger partial charge in [0.15, 0.2) is 0 Å².